The van der Waals surface area contributed by atoms with Crippen molar-refractivity contribution < 1.29 is 9.21 Å². The molecular weight excluding hydrogens is 230 g/mol. The number of piperidine rings is 1. The quantitative estimate of drug-likeness (QED) is 0.838. The molecule has 1 unspecified atom stereocenters. The molecule has 1 atom stereocenters. The van der Waals surface area contributed by atoms with Crippen molar-refractivity contribution in [3.63, 3.8) is 0 Å². The molecule has 3 rings (SSSR count). The molecule has 1 aliphatic heterocycles. The van der Waals surface area contributed by atoms with Gasteiger partial charge < -0.3 is 15.1 Å². The molecule has 2 heterocycles. The maximum atomic E-state index is 12.1. The molecule has 1 aliphatic carbocycles. The molecule has 1 saturated heterocycles. The van der Waals surface area contributed by atoms with E-state index in [0.717, 1.165) is 38.1 Å². The molecule has 1 spiro atoms. The van der Waals surface area contributed by atoms with Crippen LogP contribution in [0.3, 0.4) is 0 Å². The summed E-state index contributed by atoms with van der Waals surface area (Å²) in [4.78, 5) is 16.1. The summed E-state index contributed by atoms with van der Waals surface area (Å²) in [6, 6.07) is 0. The van der Waals surface area contributed by atoms with E-state index in [1.807, 2.05) is 6.92 Å². The fourth-order valence-electron chi connectivity index (χ4n) is 2.96. The largest absolute Gasteiger partial charge is 0.444 e. The third-order valence-electron chi connectivity index (χ3n) is 4.19. The molecule has 1 aromatic heterocycles. The first-order valence-electron chi connectivity index (χ1n) is 6.59. The van der Waals surface area contributed by atoms with Gasteiger partial charge in [0, 0.05) is 5.92 Å². The lowest BCUT2D eigenvalue weighted by atomic mass is 9.92. The van der Waals surface area contributed by atoms with E-state index in [-0.39, 0.29) is 11.8 Å². The van der Waals surface area contributed by atoms with Crippen molar-refractivity contribution in [2.24, 2.45) is 11.3 Å². The van der Waals surface area contributed by atoms with Gasteiger partial charge >= 0.3 is 0 Å². The van der Waals surface area contributed by atoms with Gasteiger partial charge in [-0.25, -0.2) is 4.98 Å². The van der Waals surface area contributed by atoms with E-state index < -0.39 is 0 Å². The van der Waals surface area contributed by atoms with Gasteiger partial charge in [-0.15, -0.1) is 0 Å². The van der Waals surface area contributed by atoms with Crippen LogP contribution in [0.4, 0.5) is 0 Å². The number of hydrogen-bond acceptors (Lipinski definition) is 4. The van der Waals surface area contributed by atoms with Gasteiger partial charge in [0.25, 0.3) is 0 Å². The highest BCUT2D eigenvalue weighted by Crippen LogP contribution is 2.58. The standard InChI is InChI=1S/C13H19N3O2/c1-9-7-15-11(18-9)8-16-12(17)10-6-13(10)2-4-14-5-3-13/h7,10,14H,2-6,8H2,1H3,(H,16,17). The van der Waals surface area contributed by atoms with Crippen LogP contribution in [0, 0.1) is 18.3 Å². The Bertz CT molecular complexity index is 449. The topological polar surface area (TPSA) is 67.2 Å². The zero-order valence-corrected chi connectivity index (χ0v) is 10.7. The molecule has 1 amide bonds. The van der Waals surface area contributed by atoms with Gasteiger partial charge in [0.05, 0.1) is 12.7 Å². The number of carbonyl (C=O) groups is 1. The SMILES string of the molecule is Cc1cnc(CNC(=O)C2CC23CCNCC3)o1. The first-order chi connectivity index (χ1) is 8.70. The van der Waals surface area contributed by atoms with Crippen molar-refractivity contribution in [2.45, 2.75) is 32.7 Å². The third kappa shape index (κ3) is 2.14. The molecule has 0 radical (unpaired) electrons. The monoisotopic (exact) mass is 249 g/mol. The molecule has 0 bridgehead atoms. The Kier molecular flexibility index (Phi) is 2.86. The van der Waals surface area contributed by atoms with Crippen molar-refractivity contribution in [2.75, 3.05) is 13.1 Å². The number of nitrogens with one attached hydrogen (secondary N) is 2. The summed E-state index contributed by atoms with van der Waals surface area (Å²) in [6.45, 7) is 4.34. The average Bonchev–Trinajstić information content (AvgIpc) is 2.89. The third-order valence-corrected chi connectivity index (χ3v) is 4.19. The Hall–Kier alpha value is -1.36. The van der Waals surface area contributed by atoms with Gasteiger partial charge in [-0.3, -0.25) is 4.79 Å². The fraction of sp³-hybridized carbons (Fsp3) is 0.692. The van der Waals surface area contributed by atoms with Crippen LogP contribution in [0.15, 0.2) is 10.6 Å². The Morgan fingerprint density at radius 2 is 2.39 bits per heavy atom. The summed E-state index contributed by atoms with van der Waals surface area (Å²) in [5, 5.41) is 6.27. The lowest BCUT2D eigenvalue weighted by Crippen LogP contribution is -2.33. The maximum Gasteiger partial charge on any atom is 0.224 e. The normalized spacial score (nSPS) is 25.1. The van der Waals surface area contributed by atoms with Crippen LogP contribution >= 0.6 is 0 Å². The van der Waals surface area contributed by atoms with Gasteiger partial charge in [-0.1, -0.05) is 0 Å². The van der Waals surface area contributed by atoms with Crippen molar-refractivity contribution in [3.05, 3.63) is 17.8 Å². The van der Waals surface area contributed by atoms with Crippen LogP contribution < -0.4 is 10.6 Å². The van der Waals surface area contributed by atoms with Gasteiger partial charge in [-0.2, -0.15) is 0 Å². The molecule has 1 aromatic rings. The molecule has 1 saturated carbocycles. The summed E-state index contributed by atoms with van der Waals surface area (Å²) in [5.74, 6) is 1.73. The number of nitrogens with zero attached hydrogens (tertiary/aromatic N) is 1. The number of amides is 1. The molecule has 5 nitrogen and oxygen atoms in total. The number of oxazole rings is 1. The summed E-state index contributed by atoms with van der Waals surface area (Å²) < 4.78 is 5.34. The number of aryl methyl sites for hydroxylation is 1. The Morgan fingerprint density at radius 1 is 1.61 bits per heavy atom. The highest BCUT2D eigenvalue weighted by Gasteiger charge is 2.57. The zero-order chi connectivity index (χ0) is 12.6. The first-order valence-corrected chi connectivity index (χ1v) is 6.59. The minimum atomic E-state index is 0.160. The minimum absolute atomic E-state index is 0.160. The summed E-state index contributed by atoms with van der Waals surface area (Å²) >= 11 is 0. The summed E-state index contributed by atoms with van der Waals surface area (Å²) in [5.41, 5.74) is 0.293. The van der Waals surface area contributed by atoms with Crippen LogP contribution in [0.1, 0.15) is 30.9 Å². The predicted octanol–water partition coefficient (Wildman–Crippen LogP) is 0.989. The second-order valence-corrected chi connectivity index (χ2v) is 5.45. The predicted molar refractivity (Wildman–Crippen MR) is 65.7 cm³/mol. The Labute approximate surface area is 106 Å². The minimum Gasteiger partial charge on any atom is -0.444 e. The number of carbonyl (C=O) groups excluding carboxylic acids is 1. The average molecular weight is 249 g/mol. The number of aromatic nitrogens is 1. The van der Waals surface area contributed by atoms with E-state index in [9.17, 15) is 4.79 Å². The molecule has 18 heavy (non-hydrogen) atoms. The molecule has 2 aliphatic rings. The second-order valence-electron chi connectivity index (χ2n) is 5.45. The summed E-state index contributed by atoms with van der Waals surface area (Å²) in [7, 11) is 0. The Balaban J connectivity index is 1.51. The van der Waals surface area contributed by atoms with Crippen LogP contribution in [-0.4, -0.2) is 24.0 Å². The van der Waals surface area contributed by atoms with E-state index in [2.05, 4.69) is 15.6 Å². The Morgan fingerprint density at radius 3 is 3.06 bits per heavy atom. The lowest BCUT2D eigenvalue weighted by molar-refractivity contribution is -0.123. The molecule has 98 valence electrons. The van der Waals surface area contributed by atoms with Gasteiger partial charge in [0.15, 0.2) is 0 Å². The zero-order valence-electron chi connectivity index (χ0n) is 10.7. The van der Waals surface area contributed by atoms with Crippen LogP contribution in [0.5, 0.6) is 0 Å². The molecule has 2 fully saturated rings. The van der Waals surface area contributed by atoms with Crippen LogP contribution in [-0.2, 0) is 11.3 Å². The second kappa shape index (κ2) is 4.39. The molecule has 5 heteroatoms. The van der Waals surface area contributed by atoms with Crippen LogP contribution in [0.2, 0.25) is 0 Å². The molecule has 2 N–H and O–H groups in total. The van der Waals surface area contributed by atoms with Gasteiger partial charge in [0.1, 0.15) is 5.76 Å². The maximum absolute atomic E-state index is 12.1. The smallest absolute Gasteiger partial charge is 0.224 e. The molecular formula is C13H19N3O2. The van der Waals surface area contributed by atoms with Crippen molar-refractivity contribution in [3.8, 4) is 0 Å². The highest BCUT2D eigenvalue weighted by atomic mass is 16.4. The van der Waals surface area contributed by atoms with Crippen molar-refractivity contribution in [1.82, 2.24) is 15.6 Å². The van der Waals surface area contributed by atoms with E-state index in [0.29, 0.717) is 17.9 Å². The van der Waals surface area contributed by atoms with E-state index >= 15 is 0 Å². The lowest BCUT2D eigenvalue weighted by Gasteiger charge is -2.23. The number of hydrogen-bond donors (Lipinski definition) is 2. The fourth-order valence-corrected chi connectivity index (χ4v) is 2.96. The van der Waals surface area contributed by atoms with E-state index in [1.54, 1.807) is 6.20 Å². The van der Waals surface area contributed by atoms with Crippen molar-refractivity contribution in [1.29, 1.82) is 0 Å². The molecule has 0 aromatic carbocycles. The van der Waals surface area contributed by atoms with E-state index in [4.69, 9.17) is 4.42 Å². The number of rotatable bonds is 3. The van der Waals surface area contributed by atoms with Gasteiger partial charge in [0.2, 0.25) is 11.8 Å². The highest BCUT2D eigenvalue weighted by molar-refractivity contribution is 5.82. The van der Waals surface area contributed by atoms with E-state index in [1.165, 1.54) is 0 Å². The van der Waals surface area contributed by atoms with Crippen LogP contribution in [0.25, 0.3) is 0 Å². The van der Waals surface area contributed by atoms with Gasteiger partial charge in [-0.05, 0) is 44.7 Å². The van der Waals surface area contributed by atoms with Crippen molar-refractivity contribution >= 4 is 5.91 Å². The summed E-state index contributed by atoms with van der Waals surface area (Å²) in [6.07, 6.45) is 4.98. The first kappa shape index (κ1) is 11.7.